The van der Waals surface area contributed by atoms with Crippen LogP contribution < -0.4 is 5.73 Å². The van der Waals surface area contributed by atoms with Crippen molar-refractivity contribution in [3.63, 3.8) is 0 Å². The third kappa shape index (κ3) is 1.45. The van der Waals surface area contributed by atoms with E-state index in [0.717, 1.165) is 15.8 Å². The monoisotopic (exact) mass is 202 g/mol. The molecule has 2 N–H and O–H groups in total. The van der Waals surface area contributed by atoms with Gasteiger partial charge in [-0.3, -0.25) is 4.79 Å². The molecule has 68 valence electrons. The molecule has 4 heteroatoms. The standard InChI is InChI=1S/C10H6N2OS/c11-10-12-9-7(4-2-6-13)3-1-5-8(9)14-10/h1,3,5-6H,(H2,11,12). The van der Waals surface area contributed by atoms with Gasteiger partial charge in [-0.25, -0.2) is 4.98 Å². The minimum atomic E-state index is 0.514. The van der Waals surface area contributed by atoms with E-state index < -0.39 is 0 Å². The smallest absolute Gasteiger partial charge is 0.193 e. The van der Waals surface area contributed by atoms with Crippen molar-refractivity contribution >= 4 is 33.0 Å². The Labute approximate surface area is 84.6 Å². The highest BCUT2D eigenvalue weighted by Gasteiger charge is 2.03. The number of carbonyl (C=O) groups excluding carboxylic acids is 1. The molecular weight excluding hydrogens is 196 g/mol. The van der Waals surface area contributed by atoms with Gasteiger partial charge in [-0.2, -0.15) is 0 Å². The molecule has 0 saturated heterocycles. The normalized spacial score (nSPS) is 9.43. The predicted octanol–water partition coefficient (Wildman–Crippen LogP) is 1.43. The lowest BCUT2D eigenvalue weighted by Crippen LogP contribution is -1.82. The number of anilines is 1. The zero-order valence-corrected chi connectivity index (χ0v) is 7.97. The van der Waals surface area contributed by atoms with Crippen LogP contribution in [0, 0.1) is 11.8 Å². The summed E-state index contributed by atoms with van der Waals surface area (Å²) in [5.41, 5.74) is 7.08. The number of hydrogen-bond donors (Lipinski definition) is 1. The number of rotatable bonds is 0. The summed E-state index contributed by atoms with van der Waals surface area (Å²) >= 11 is 1.41. The van der Waals surface area contributed by atoms with Crippen LogP contribution in [0.2, 0.25) is 0 Å². The van der Waals surface area contributed by atoms with E-state index in [1.807, 2.05) is 18.2 Å². The molecule has 0 radical (unpaired) electrons. The van der Waals surface area contributed by atoms with Crippen LogP contribution in [-0.2, 0) is 4.79 Å². The van der Waals surface area contributed by atoms with Crippen molar-refractivity contribution in [1.29, 1.82) is 0 Å². The number of carbonyl (C=O) groups is 1. The first-order valence-corrected chi connectivity index (χ1v) is 4.73. The molecule has 0 unspecified atom stereocenters. The van der Waals surface area contributed by atoms with Crippen molar-refractivity contribution in [3.8, 4) is 11.8 Å². The average Bonchev–Trinajstić information content (AvgIpc) is 2.55. The molecule has 0 saturated carbocycles. The van der Waals surface area contributed by atoms with Gasteiger partial charge in [0.2, 0.25) is 0 Å². The number of para-hydroxylation sites is 1. The van der Waals surface area contributed by atoms with Gasteiger partial charge in [0, 0.05) is 0 Å². The fraction of sp³-hybridized carbons (Fsp3) is 0. The molecule has 2 aromatic rings. The van der Waals surface area contributed by atoms with Gasteiger partial charge in [0.1, 0.15) is 0 Å². The van der Waals surface area contributed by atoms with Crippen molar-refractivity contribution in [1.82, 2.24) is 4.98 Å². The molecule has 0 spiro atoms. The number of thiazole rings is 1. The Bertz CT molecular complexity index is 548. The first-order chi connectivity index (χ1) is 6.81. The number of aromatic nitrogens is 1. The summed E-state index contributed by atoms with van der Waals surface area (Å²) in [4.78, 5) is 14.2. The minimum absolute atomic E-state index is 0.514. The van der Waals surface area contributed by atoms with Crippen LogP contribution in [-0.4, -0.2) is 11.3 Å². The summed E-state index contributed by atoms with van der Waals surface area (Å²) in [6, 6.07) is 5.61. The van der Waals surface area contributed by atoms with Crippen molar-refractivity contribution in [2.45, 2.75) is 0 Å². The molecule has 0 aliphatic carbocycles. The van der Waals surface area contributed by atoms with E-state index in [-0.39, 0.29) is 0 Å². The van der Waals surface area contributed by atoms with Crippen LogP contribution in [0.1, 0.15) is 5.56 Å². The first kappa shape index (κ1) is 8.73. The van der Waals surface area contributed by atoms with Gasteiger partial charge in [-0.05, 0) is 18.1 Å². The molecule has 0 atom stereocenters. The Morgan fingerprint density at radius 1 is 1.50 bits per heavy atom. The van der Waals surface area contributed by atoms with E-state index in [0.29, 0.717) is 11.4 Å². The van der Waals surface area contributed by atoms with Gasteiger partial charge < -0.3 is 5.73 Å². The largest absolute Gasteiger partial charge is 0.375 e. The van der Waals surface area contributed by atoms with Crippen LogP contribution in [0.4, 0.5) is 5.13 Å². The van der Waals surface area contributed by atoms with E-state index >= 15 is 0 Å². The number of fused-ring (bicyclic) bond motifs is 1. The third-order valence-corrected chi connectivity index (χ3v) is 2.55. The molecule has 0 aliphatic rings. The van der Waals surface area contributed by atoms with Crippen LogP contribution in [0.3, 0.4) is 0 Å². The van der Waals surface area contributed by atoms with E-state index in [9.17, 15) is 4.79 Å². The van der Waals surface area contributed by atoms with Crippen LogP contribution >= 0.6 is 11.3 Å². The van der Waals surface area contributed by atoms with E-state index in [1.165, 1.54) is 11.3 Å². The molecule has 2 rings (SSSR count). The summed E-state index contributed by atoms with van der Waals surface area (Å²) in [6.07, 6.45) is 0.564. The fourth-order valence-electron chi connectivity index (χ4n) is 1.17. The highest BCUT2D eigenvalue weighted by molar-refractivity contribution is 7.22. The average molecular weight is 202 g/mol. The van der Waals surface area contributed by atoms with Gasteiger partial charge in [0.15, 0.2) is 11.4 Å². The first-order valence-electron chi connectivity index (χ1n) is 3.91. The molecule has 1 heterocycles. The Morgan fingerprint density at radius 2 is 2.36 bits per heavy atom. The molecule has 0 fully saturated rings. The minimum Gasteiger partial charge on any atom is -0.375 e. The lowest BCUT2D eigenvalue weighted by molar-refractivity contribution is -0.103. The van der Waals surface area contributed by atoms with Gasteiger partial charge in [0.05, 0.1) is 15.8 Å². The SMILES string of the molecule is Nc1nc2c(C#CC=O)cccc2s1. The summed E-state index contributed by atoms with van der Waals surface area (Å²) in [6.45, 7) is 0. The van der Waals surface area contributed by atoms with E-state index in [1.54, 1.807) is 0 Å². The van der Waals surface area contributed by atoms with Crippen molar-refractivity contribution in [3.05, 3.63) is 23.8 Å². The number of benzene rings is 1. The zero-order chi connectivity index (χ0) is 9.97. The Morgan fingerprint density at radius 3 is 3.14 bits per heavy atom. The topological polar surface area (TPSA) is 56.0 Å². The highest BCUT2D eigenvalue weighted by atomic mass is 32.1. The van der Waals surface area contributed by atoms with Crippen LogP contribution in [0.25, 0.3) is 10.2 Å². The zero-order valence-electron chi connectivity index (χ0n) is 7.15. The van der Waals surface area contributed by atoms with Crippen molar-refractivity contribution in [2.24, 2.45) is 0 Å². The number of nitrogen functional groups attached to an aromatic ring is 1. The summed E-state index contributed by atoms with van der Waals surface area (Å²) in [5, 5.41) is 0.514. The third-order valence-electron chi connectivity index (χ3n) is 1.70. The molecule has 0 amide bonds. The Kier molecular flexibility index (Phi) is 2.17. The second kappa shape index (κ2) is 3.48. The highest BCUT2D eigenvalue weighted by Crippen LogP contribution is 2.25. The van der Waals surface area contributed by atoms with Gasteiger partial charge >= 0.3 is 0 Å². The fourth-order valence-corrected chi connectivity index (χ4v) is 1.93. The molecule has 3 nitrogen and oxygen atoms in total. The maximum Gasteiger partial charge on any atom is 0.193 e. The molecule has 14 heavy (non-hydrogen) atoms. The Balaban J connectivity index is 2.69. The molecule has 0 aliphatic heterocycles. The molecule has 1 aromatic carbocycles. The second-order valence-corrected chi connectivity index (χ2v) is 3.65. The van der Waals surface area contributed by atoms with Crippen molar-refractivity contribution in [2.75, 3.05) is 5.73 Å². The van der Waals surface area contributed by atoms with Gasteiger partial charge in [-0.1, -0.05) is 23.3 Å². The number of aldehydes is 1. The second-order valence-electron chi connectivity index (χ2n) is 2.59. The maximum absolute atomic E-state index is 10.1. The lowest BCUT2D eigenvalue weighted by atomic mass is 10.2. The van der Waals surface area contributed by atoms with Gasteiger partial charge in [0.25, 0.3) is 0 Å². The summed E-state index contributed by atoms with van der Waals surface area (Å²) < 4.78 is 0.986. The molecule has 1 aromatic heterocycles. The lowest BCUT2D eigenvalue weighted by Gasteiger charge is -1.89. The molecular formula is C10H6N2OS. The van der Waals surface area contributed by atoms with Gasteiger partial charge in [-0.15, -0.1) is 0 Å². The summed E-state index contributed by atoms with van der Waals surface area (Å²) in [5.74, 6) is 5.08. The predicted molar refractivity (Wildman–Crippen MR) is 57.0 cm³/mol. The van der Waals surface area contributed by atoms with E-state index in [4.69, 9.17) is 5.73 Å². The number of nitrogens with two attached hydrogens (primary N) is 1. The van der Waals surface area contributed by atoms with Crippen LogP contribution in [0.15, 0.2) is 18.2 Å². The Hall–Kier alpha value is -1.86. The number of nitrogens with zero attached hydrogens (tertiary/aromatic N) is 1. The van der Waals surface area contributed by atoms with Crippen molar-refractivity contribution < 1.29 is 4.79 Å². The molecule has 0 bridgehead atoms. The maximum atomic E-state index is 10.1. The van der Waals surface area contributed by atoms with Crippen LogP contribution in [0.5, 0.6) is 0 Å². The number of hydrogen-bond acceptors (Lipinski definition) is 4. The summed E-state index contributed by atoms with van der Waals surface area (Å²) in [7, 11) is 0. The quantitative estimate of drug-likeness (QED) is 0.519. The van der Waals surface area contributed by atoms with E-state index in [2.05, 4.69) is 16.8 Å².